The summed E-state index contributed by atoms with van der Waals surface area (Å²) < 4.78 is 11.3. The normalized spacial score (nSPS) is 32.5. The number of fused-ring (bicyclic) bond motifs is 3. The van der Waals surface area contributed by atoms with Gasteiger partial charge in [0.2, 0.25) is 0 Å². The van der Waals surface area contributed by atoms with E-state index in [9.17, 15) is 24.7 Å². The first kappa shape index (κ1) is 18.8. The van der Waals surface area contributed by atoms with Crippen LogP contribution in [0.2, 0.25) is 5.82 Å². The summed E-state index contributed by atoms with van der Waals surface area (Å²) in [4.78, 5) is 25.5. The molecule has 0 unspecified atom stereocenters. The SMILES string of the molecule is [NH3+]C(=O)[C@H]1C[C@H](N2CC(Oc3ccc4c(c3C(=O)O)O[B-](O)(O)[C@H]3C[C@@H]43)C2)CN1. The zero-order valence-corrected chi connectivity index (χ0v) is 15.8. The lowest BCUT2D eigenvalue weighted by Crippen LogP contribution is -2.64. The molecule has 4 aliphatic rings. The summed E-state index contributed by atoms with van der Waals surface area (Å²) in [6, 6.07) is 3.42. The molecule has 11 heteroatoms. The molecule has 1 aromatic rings. The van der Waals surface area contributed by atoms with Crippen molar-refractivity contribution in [2.75, 3.05) is 19.6 Å². The minimum absolute atomic E-state index is 0.00622. The van der Waals surface area contributed by atoms with Crippen LogP contribution in [0.15, 0.2) is 12.1 Å². The number of carboxylic acids is 1. The lowest BCUT2D eigenvalue weighted by Gasteiger charge is -2.43. The van der Waals surface area contributed by atoms with E-state index >= 15 is 0 Å². The van der Waals surface area contributed by atoms with Gasteiger partial charge in [0, 0.05) is 25.7 Å². The minimum atomic E-state index is -3.06. The van der Waals surface area contributed by atoms with Crippen molar-refractivity contribution in [3.8, 4) is 11.5 Å². The summed E-state index contributed by atoms with van der Waals surface area (Å²) in [6.07, 6.45) is 1.10. The standard InChI is InChI=1S/C18H23BN3O7/c20-17(23)13-3-8(5-21-13)22-6-9(7-22)28-14-2-1-10-11-4-12(11)19(26,27)29-16(10)15(14)18(24)25/h1-2,8-9,11-13,21,26-27H,3-7H2,(H2,20,23)(H,24,25)/q-1/p+1/t8-,11-,12-,13+/m0/s1. The molecule has 1 aliphatic carbocycles. The van der Waals surface area contributed by atoms with Gasteiger partial charge in [0.05, 0.1) is 5.75 Å². The number of amides is 1. The summed E-state index contributed by atoms with van der Waals surface area (Å²) in [6.45, 7) is -1.09. The van der Waals surface area contributed by atoms with Crippen molar-refractivity contribution >= 4 is 18.6 Å². The molecular weight excluding hydrogens is 381 g/mol. The maximum Gasteiger partial charge on any atom is 0.434 e. The lowest BCUT2D eigenvalue weighted by molar-refractivity contribution is -0.308. The second-order valence-corrected chi connectivity index (χ2v) is 8.56. The van der Waals surface area contributed by atoms with Gasteiger partial charge in [-0.2, -0.15) is 0 Å². The van der Waals surface area contributed by atoms with Crippen LogP contribution in [0.1, 0.15) is 34.7 Å². The van der Waals surface area contributed by atoms with E-state index in [1.807, 2.05) is 0 Å². The van der Waals surface area contributed by atoms with Crippen LogP contribution in [-0.2, 0) is 4.79 Å². The third-order valence-electron chi connectivity index (χ3n) is 6.63. The average Bonchev–Trinajstić information content (AvgIpc) is 3.28. The van der Waals surface area contributed by atoms with E-state index in [-0.39, 0.29) is 52.9 Å². The van der Waals surface area contributed by atoms with Gasteiger partial charge in [-0.05, 0) is 24.0 Å². The summed E-state index contributed by atoms with van der Waals surface area (Å²) in [5, 5.41) is 33.1. The molecule has 4 atom stereocenters. The van der Waals surface area contributed by atoms with E-state index in [0.29, 0.717) is 38.0 Å². The molecule has 0 spiro atoms. The molecule has 10 nitrogen and oxygen atoms in total. The number of benzene rings is 1. The first-order valence-electron chi connectivity index (χ1n) is 9.93. The minimum Gasteiger partial charge on any atom is -0.669 e. The molecule has 3 aliphatic heterocycles. The number of ether oxygens (including phenoxy) is 1. The summed E-state index contributed by atoms with van der Waals surface area (Å²) in [5.74, 6) is -1.61. The van der Waals surface area contributed by atoms with E-state index in [1.54, 1.807) is 12.1 Å². The smallest absolute Gasteiger partial charge is 0.434 e. The van der Waals surface area contributed by atoms with Crippen LogP contribution >= 0.6 is 0 Å². The second kappa shape index (κ2) is 6.41. The van der Waals surface area contributed by atoms with E-state index in [2.05, 4.69) is 16.0 Å². The Hall–Kier alpha value is -2.18. The first-order chi connectivity index (χ1) is 13.7. The van der Waals surface area contributed by atoms with Crippen LogP contribution in [-0.4, -0.2) is 76.5 Å². The Morgan fingerprint density at radius 2 is 2.03 bits per heavy atom. The average molecular weight is 405 g/mol. The van der Waals surface area contributed by atoms with E-state index < -0.39 is 12.7 Å². The van der Waals surface area contributed by atoms with E-state index in [0.717, 1.165) is 0 Å². The maximum absolute atomic E-state index is 11.9. The molecule has 1 aromatic carbocycles. The maximum atomic E-state index is 11.9. The zero-order valence-electron chi connectivity index (χ0n) is 15.8. The predicted molar refractivity (Wildman–Crippen MR) is 99.4 cm³/mol. The molecule has 1 amide bonds. The Bertz CT molecular complexity index is 888. The Kier molecular flexibility index (Phi) is 4.16. The third-order valence-corrected chi connectivity index (χ3v) is 6.63. The number of hydrogen-bond acceptors (Lipinski definition) is 8. The van der Waals surface area contributed by atoms with Gasteiger partial charge in [0.1, 0.15) is 23.5 Å². The van der Waals surface area contributed by atoms with Crippen LogP contribution < -0.4 is 20.4 Å². The summed E-state index contributed by atoms with van der Waals surface area (Å²) in [5.41, 5.74) is 3.99. The third kappa shape index (κ3) is 3.09. The van der Waals surface area contributed by atoms with Gasteiger partial charge in [0.25, 0.3) is 0 Å². The molecule has 2 saturated heterocycles. The summed E-state index contributed by atoms with van der Waals surface area (Å²) >= 11 is 0. The fourth-order valence-corrected chi connectivity index (χ4v) is 4.88. The van der Waals surface area contributed by atoms with Crippen LogP contribution in [0, 0.1) is 0 Å². The highest BCUT2D eigenvalue weighted by Gasteiger charge is 2.55. The van der Waals surface area contributed by atoms with E-state index in [4.69, 9.17) is 9.39 Å². The molecule has 3 fully saturated rings. The monoisotopic (exact) mass is 405 g/mol. The molecule has 29 heavy (non-hydrogen) atoms. The van der Waals surface area contributed by atoms with Crippen LogP contribution in [0.3, 0.4) is 0 Å². The molecular formula is C18H24BN3O7. The Balaban J connectivity index is 1.30. The number of carbonyl (C=O) groups is 2. The van der Waals surface area contributed by atoms with Gasteiger partial charge >= 0.3 is 18.6 Å². The summed E-state index contributed by atoms with van der Waals surface area (Å²) in [7, 11) is 0. The van der Waals surface area contributed by atoms with Crippen molar-refractivity contribution in [3.63, 3.8) is 0 Å². The molecule has 0 bridgehead atoms. The second-order valence-electron chi connectivity index (χ2n) is 8.56. The molecule has 0 radical (unpaired) electrons. The number of nitrogens with one attached hydrogen (secondary N) is 1. The number of carboxylic acid groups (broad SMARTS) is 1. The van der Waals surface area contributed by atoms with Gasteiger partial charge in [-0.15, -0.1) is 0 Å². The number of rotatable bonds is 5. The van der Waals surface area contributed by atoms with Crippen molar-refractivity contribution < 1.29 is 39.9 Å². The molecule has 156 valence electrons. The quantitative estimate of drug-likeness (QED) is 0.354. The van der Waals surface area contributed by atoms with Crippen LogP contribution in [0.4, 0.5) is 0 Å². The van der Waals surface area contributed by atoms with Crippen LogP contribution in [0.25, 0.3) is 0 Å². The van der Waals surface area contributed by atoms with E-state index in [1.165, 1.54) is 0 Å². The van der Waals surface area contributed by atoms with Crippen molar-refractivity contribution in [3.05, 3.63) is 23.3 Å². The molecule has 7 N–H and O–H groups in total. The van der Waals surface area contributed by atoms with Crippen molar-refractivity contribution in [2.45, 2.75) is 42.8 Å². The predicted octanol–water partition coefficient (Wildman–Crippen LogP) is -1.88. The zero-order chi connectivity index (χ0) is 20.5. The number of likely N-dealkylation sites (tertiary alicyclic amines) is 1. The Morgan fingerprint density at radius 1 is 1.28 bits per heavy atom. The Labute approximate surface area is 166 Å². The van der Waals surface area contributed by atoms with Gasteiger partial charge < -0.3 is 29.9 Å². The highest BCUT2D eigenvalue weighted by molar-refractivity contribution is 6.62. The van der Waals surface area contributed by atoms with Gasteiger partial charge in [-0.25, -0.2) is 9.59 Å². The lowest BCUT2D eigenvalue weighted by atomic mass is 9.68. The van der Waals surface area contributed by atoms with Gasteiger partial charge in [0.15, 0.2) is 0 Å². The van der Waals surface area contributed by atoms with Gasteiger partial charge in [-0.1, -0.05) is 18.3 Å². The number of quaternary nitrogens is 1. The topological polar surface area (TPSA) is 156 Å². The molecule has 1 saturated carbocycles. The number of carbonyl (C=O) groups excluding carboxylic acids is 1. The fourth-order valence-electron chi connectivity index (χ4n) is 4.88. The fraction of sp³-hybridized carbons (Fsp3) is 0.556. The number of hydrogen-bond donors (Lipinski definition) is 5. The van der Waals surface area contributed by atoms with Crippen molar-refractivity contribution in [1.29, 1.82) is 0 Å². The van der Waals surface area contributed by atoms with Crippen molar-refractivity contribution in [2.24, 2.45) is 0 Å². The highest BCUT2D eigenvalue weighted by Crippen LogP contribution is 2.63. The number of aromatic carboxylic acids is 1. The molecule has 3 heterocycles. The number of nitrogens with zero attached hydrogens (tertiary/aromatic N) is 1. The highest BCUT2D eigenvalue weighted by atomic mass is 16.6. The largest absolute Gasteiger partial charge is 0.669 e. The van der Waals surface area contributed by atoms with Crippen molar-refractivity contribution in [1.82, 2.24) is 10.2 Å². The van der Waals surface area contributed by atoms with Gasteiger partial charge in [-0.3, -0.25) is 10.6 Å². The first-order valence-corrected chi connectivity index (χ1v) is 9.93. The van der Waals surface area contributed by atoms with Crippen LogP contribution in [0.5, 0.6) is 11.5 Å². The molecule has 5 rings (SSSR count). The Morgan fingerprint density at radius 3 is 2.69 bits per heavy atom. The molecule has 0 aromatic heterocycles.